The molecule has 3 N–H and O–H groups in total. The molecule has 1 fully saturated rings. The predicted molar refractivity (Wildman–Crippen MR) is 175 cm³/mol. The summed E-state index contributed by atoms with van der Waals surface area (Å²) < 4.78 is 2.02. The highest BCUT2D eigenvalue weighted by molar-refractivity contribution is 5.84. The van der Waals surface area contributed by atoms with Crippen molar-refractivity contribution in [3.8, 4) is 40.5 Å². The largest absolute Gasteiger partial charge is 0.383 e. The van der Waals surface area contributed by atoms with Gasteiger partial charge in [0.2, 0.25) is 5.82 Å². The van der Waals surface area contributed by atoms with Crippen molar-refractivity contribution in [3.05, 3.63) is 108 Å². The summed E-state index contributed by atoms with van der Waals surface area (Å²) in [6.07, 6.45) is 5.23. The van der Waals surface area contributed by atoms with Crippen LogP contribution in [0.4, 0.5) is 11.6 Å². The van der Waals surface area contributed by atoms with Crippen LogP contribution < -0.4 is 11.1 Å². The van der Waals surface area contributed by atoms with E-state index in [9.17, 15) is 5.26 Å². The van der Waals surface area contributed by atoms with Crippen molar-refractivity contribution in [2.75, 3.05) is 24.1 Å². The number of piperidine rings is 1. The van der Waals surface area contributed by atoms with E-state index in [4.69, 9.17) is 21.0 Å². The summed E-state index contributed by atoms with van der Waals surface area (Å²) in [6, 6.07) is 29.8. The highest BCUT2D eigenvalue weighted by Gasteiger charge is 2.21. The first-order valence-electron chi connectivity index (χ1n) is 15.0. The van der Waals surface area contributed by atoms with Gasteiger partial charge in [0.1, 0.15) is 23.2 Å². The van der Waals surface area contributed by atoms with Gasteiger partial charge in [-0.3, -0.25) is 9.47 Å². The number of rotatable bonds is 7. The number of nitrogen functional groups attached to an aromatic ring is 1. The van der Waals surface area contributed by atoms with E-state index in [0.717, 1.165) is 60.5 Å². The predicted octanol–water partition coefficient (Wildman–Crippen LogP) is 5.34. The molecule has 0 atom stereocenters. The average molecular weight is 604 g/mol. The minimum absolute atomic E-state index is 0.173. The average Bonchev–Trinajstić information content (AvgIpc) is 3.48. The molecule has 1 saturated heterocycles. The molecule has 0 bridgehead atoms. The maximum atomic E-state index is 9.42. The van der Waals surface area contributed by atoms with Crippen LogP contribution in [0, 0.1) is 22.7 Å². The van der Waals surface area contributed by atoms with Crippen molar-refractivity contribution in [3.63, 3.8) is 0 Å². The van der Waals surface area contributed by atoms with Gasteiger partial charge in [-0.15, -0.1) is 0 Å². The van der Waals surface area contributed by atoms with Gasteiger partial charge in [-0.1, -0.05) is 24.3 Å². The first kappa shape index (κ1) is 28.6. The first-order chi connectivity index (χ1) is 22.6. The van der Waals surface area contributed by atoms with Crippen molar-refractivity contribution < 1.29 is 0 Å². The van der Waals surface area contributed by atoms with E-state index in [2.05, 4.69) is 55.5 Å². The number of anilines is 2. The Labute approximate surface area is 265 Å². The lowest BCUT2D eigenvalue weighted by Gasteiger charge is -2.32. The van der Waals surface area contributed by atoms with Crippen LogP contribution in [0.3, 0.4) is 0 Å². The second kappa shape index (κ2) is 12.4. The van der Waals surface area contributed by atoms with Crippen LogP contribution in [-0.2, 0) is 6.54 Å². The lowest BCUT2D eigenvalue weighted by atomic mass is 10.0. The third-order valence-electron chi connectivity index (χ3n) is 8.17. The Bertz CT molecular complexity index is 2110. The molecule has 11 heteroatoms. The Balaban J connectivity index is 1.14. The van der Waals surface area contributed by atoms with Crippen LogP contribution in [-0.4, -0.2) is 53.5 Å². The van der Waals surface area contributed by atoms with Crippen molar-refractivity contribution >= 4 is 22.8 Å². The number of nitrogens with two attached hydrogens (primary N) is 1. The molecule has 5 heterocycles. The Morgan fingerprint density at radius 2 is 1.70 bits per heavy atom. The van der Waals surface area contributed by atoms with Crippen molar-refractivity contribution in [2.45, 2.75) is 25.4 Å². The summed E-state index contributed by atoms with van der Waals surface area (Å²) >= 11 is 0. The number of hydrogen-bond donors (Lipinski definition) is 2. The molecule has 1 aliphatic rings. The molecule has 0 amide bonds. The fraction of sp³-hybridized carbons (Fsp3) is 0.171. The highest BCUT2D eigenvalue weighted by Crippen LogP contribution is 2.32. The zero-order chi connectivity index (χ0) is 31.5. The molecule has 1 aliphatic heterocycles. The third kappa shape index (κ3) is 5.83. The van der Waals surface area contributed by atoms with E-state index in [0.29, 0.717) is 34.7 Å². The molecular formula is C35H29N11. The number of nitrogens with zero attached hydrogens (tertiary/aromatic N) is 9. The molecular weight excluding hydrogens is 574 g/mol. The van der Waals surface area contributed by atoms with Crippen LogP contribution in [0.1, 0.15) is 29.8 Å². The van der Waals surface area contributed by atoms with E-state index in [1.165, 1.54) is 5.56 Å². The lowest BCUT2D eigenvalue weighted by Crippen LogP contribution is -2.38. The standard InChI is InChI=1S/C35H29N11/c36-20-24-3-1-4-25(19-24)29-10-11-30-35(42-29)46(34(43-30)28-5-2-15-40-33(28)38)27-8-6-23(7-9-27)22-45-17-13-26(14-18-45)41-31-12-16-39-32(21-37)44-31/h1-12,15-16,19,26H,13-14,17-18,22H2,(H2,38,40)(H,39,41,44). The van der Waals surface area contributed by atoms with Crippen LogP contribution in [0.2, 0.25) is 0 Å². The van der Waals surface area contributed by atoms with E-state index in [1.807, 2.05) is 53.1 Å². The number of aromatic nitrogens is 6. The molecule has 0 saturated carbocycles. The monoisotopic (exact) mass is 603 g/mol. The number of hydrogen-bond acceptors (Lipinski definition) is 10. The van der Waals surface area contributed by atoms with Gasteiger partial charge in [-0.05, 0) is 73.0 Å². The van der Waals surface area contributed by atoms with Crippen molar-refractivity contribution in [1.82, 2.24) is 34.4 Å². The van der Waals surface area contributed by atoms with Crippen LogP contribution in [0.5, 0.6) is 0 Å². The van der Waals surface area contributed by atoms with Gasteiger partial charge in [0.15, 0.2) is 11.5 Å². The number of nitrogens with one attached hydrogen (secondary N) is 1. The molecule has 0 aliphatic carbocycles. The van der Waals surface area contributed by atoms with Gasteiger partial charge in [0.25, 0.3) is 0 Å². The minimum Gasteiger partial charge on any atom is -0.383 e. The normalized spacial score (nSPS) is 13.7. The van der Waals surface area contributed by atoms with E-state index in [1.54, 1.807) is 24.5 Å². The summed E-state index contributed by atoms with van der Waals surface area (Å²) in [5, 5.41) is 21.9. The van der Waals surface area contributed by atoms with Crippen LogP contribution >= 0.6 is 0 Å². The van der Waals surface area contributed by atoms with Gasteiger partial charge < -0.3 is 11.1 Å². The molecule has 11 nitrogen and oxygen atoms in total. The van der Waals surface area contributed by atoms with Gasteiger partial charge in [0, 0.05) is 49.3 Å². The Kier molecular flexibility index (Phi) is 7.73. The van der Waals surface area contributed by atoms with Gasteiger partial charge in [-0.25, -0.2) is 24.9 Å². The lowest BCUT2D eigenvalue weighted by molar-refractivity contribution is 0.211. The van der Waals surface area contributed by atoms with Crippen LogP contribution in [0.15, 0.2) is 91.3 Å². The Hall–Kier alpha value is -6.17. The Morgan fingerprint density at radius 1 is 0.848 bits per heavy atom. The maximum absolute atomic E-state index is 9.42. The van der Waals surface area contributed by atoms with Gasteiger partial charge in [-0.2, -0.15) is 10.5 Å². The van der Waals surface area contributed by atoms with Gasteiger partial charge >= 0.3 is 0 Å². The first-order valence-corrected chi connectivity index (χ1v) is 15.0. The quantitative estimate of drug-likeness (QED) is 0.244. The zero-order valence-corrected chi connectivity index (χ0v) is 24.9. The summed E-state index contributed by atoms with van der Waals surface area (Å²) in [4.78, 5) is 24.9. The summed E-state index contributed by atoms with van der Waals surface area (Å²) in [5.74, 6) is 1.91. The fourth-order valence-electron chi connectivity index (χ4n) is 5.84. The van der Waals surface area contributed by atoms with Crippen molar-refractivity contribution in [1.29, 1.82) is 10.5 Å². The number of fused-ring (bicyclic) bond motifs is 1. The maximum Gasteiger partial charge on any atom is 0.234 e. The van der Waals surface area contributed by atoms with Crippen LogP contribution in [0.25, 0.3) is 39.5 Å². The zero-order valence-electron chi connectivity index (χ0n) is 24.9. The van der Waals surface area contributed by atoms with Gasteiger partial charge in [0.05, 0.1) is 22.9 Å². The number of benzene rings is 2. The SMILES string of the molecule is N#Cc1cccc(-c2ccc3nc(-c4cccnc4N)n(-c4ccc(CN5CCC(Nc6ccnc(C#N)n6)CC5)cc4)c3n2)c1. The molecule has 2 aromatic carbocycles. The van der Waals surface area contributed by atoms with E-state index >= 15 is 0 Å². The fourth-order valence-corrected chi connectivity index (χ4v) is 5.84. The Morgan fingerprint density at radius 3 is 2.48 bits per heavy atom. The van der Waals surface area contributed by atoms with Crippen molar-refractivity contribution in [2.24, 2.45) is 0 Å². The number of pyridine rings is 2. The number of imidazole rings is 1. The van der Waals surface area contributed by atoms with E-state index in [-0.39, 0.29) is 5.82 Å². The molecule has 0 radical (unpaired) electrons. The number of nitriles is 2. The molecule has 224 valence electrons. The molecule has 0 unspecified atom stereocenters. The molecule has 46 heavy (non-hydrogen) atoms. The second-order valence-electron chi connectivity index (χ2n) is 11.2. The number of likely N-dealkylation sites (tertiary alicyclic amines) is 1. The molecule has 6 aromatic rings. The van der Waals surface area contributed by atoms with E-state index < -0.39 is 0 Å². The topological polar surface area (TPSA) is 158 Å². The molecule has 7 rings (SSSR count). The second-order valence-corrected chi connectivity index (χ2v) is 11.2. The summed E-state index contributed by atoms with van der Waals surface area (Å²) in [7, 11) is 0. The molecule has 0 spiro atoms. The highest BCUT2D eigenvalue weighted by atomic mass is 15.2. The smallest absolute Gasteiger partial charge is 0.234 e. The summed E-state index contributed by atoms with van der Waals surface area (Å²) in [6.45, 7) is 2.74. The minimum atomic E-state index is 0.173. The molecule has 4 aromatic heterocycles. The third-order valence-corrected chi connectivity index (χ3v) is 8.17. The summed E-state index contributed by atoms with van der Waals surface area (Å²) in [5.41, 5.74) is 12.8.